The fourth-order valence-electron chi connectivity index (χ4n) is 7.30. The average molecular weight is 425 g/mol. The Bertz CT molecular complexity index is 1030. The Labute approximate surface area is 180 Å². The van der Waals surface area contributed by atoms with Gasteiger partial charge in [0.2, 0.25) is 0 Å². The van der Waals surface area contributed by atoms with Gasteiger partial charge in [-0.2, -0.15) is 0 Å². The zero-order chi connectivity index (χ0) is 21.2. The summed E-state index contributed by atoms with van der Waals surface area (Å²) in [7, 11) is 0. The summed E-state index contributed by atoms with van der Waals surface area (Å²) in [6, 6.07) is 8.17. The molecule has 2 heterocycles. The zero-order valence-corrected chi connectivity index (χ0v) is 17.7. The third-order valence-electron chi connectivity index (χ3n) is 8.21. The smallest absolute Gasteiger partial charge is 0.330 e. The third kappa shape index (κ3) is 3.20. The highest BCUT2D eigenvalue weighted by Gasteiger charge is 2.53. The quantitative estimate of drug-likeness (QED) is 0.823. The van der Waals surface area contributed by atoms with Crippen molar-refractivity contribution in [3.63, 3.8) is 0 Å². The van der Waals surface area contributed by atoms with Crippen molar-refractivity contribution in [2.45, 2.75) is 44.1 Å². The monoisotopic (exact) mass is 424 g/mol. The molecule has 5 aliphatic rings. The Balaban J connectivity index is 1.23. The van der Waals surface area contributed by atoms with E-state index in [9.17, 15) is 14.0 Å². The van der Waals surface area contributed by atoms with Crippen LogP contribution < -0.4 is 21.0 Å². The molecule has 1 saturated heterocycles. The minimum atomic E-state index is -0.265. The van der Waals surface area contributed by atoms with Crippen LogP contribution in [0, 0.1) is 23.6 Å². The van der Waals surface area contributed by atoms with Gasteiger partial charge in [0.05, 0.1) is 5.54 Å². The van der Waals surface area contributed by atoms with Crippen molar-refractivity contribution in [3.8, 4) is 0 Å². The number of nitrogens with zero attached hydrogens (tertiary/aromatic N) is 3. The first-order valence-corrected chi connectivity index (χ1v) is 11.6. The molecule has 7 heteroatoms. The highest BCUT2D eigenvalue weighted by molar-refractivity contribution is 5.49. The maximum Gasteiger partial charge on any atom is 0.330 e. The van der Waals surface area contributed by atoms with Gasteiger partial charge in [-0.1, -0.05) is 0 Å². The zero-order valence-electron chi connectivity index (χ0n) is 17.7. The second kappa shape index (κ2) is 6.97. The van der Waals surface area contributed by atoms with Crippen molar-refractivity contribution in [2.24, 2.45) is 17.8 Å². The summed E-state index contributed by atoms with van der Waals surface area (Å²) in [6.45, 7) is 2.92. The van der Waals surface area contributed by atoms with Crippen LogP contribution in [0.4, 0.5) is 15.9 Å². The van der Waals surface area contributed by atoms with Crippen LogP contribution in [0.1, 0.15) is 38.5 Å². The van der Waals surface area contributed by atoms with Crippen LogP contribution in [0.3, 0.4) is 0 Å². The fourth-order valence-corrected chi connectivity index (χ4v) is 7.30. The van der Waals surface area contributed by atoms with E-state index in [1.54, 1.807) is 22.8 Å². The molecule has 1 aromatic heterocycles. The van der Waals surface area contributed by atoms with E-state index in [0.29, 0.717) is 36.7 Å². The molecule has 1 aromatic carbocycles. The van der Waals surface area contributed by atoms with Crippen molar-refractivity contribution >= 4 is 11.5 Å². The van der Waals surface area contributed by atoms with Gasteiger partial charge >= 0.3 is 5.69 Å². The molecular weight excluding hydrogens is 395 g/mol. The van der Waals surface area contributed by atoms with E-state index in [2.05, 4.69) is 14.8 Å². The number of rotatable bonds is 3. The molecule has 5 fully saturated rings. The van der Waals surface area contributed by atoms with E-state index in [-0.39, 0.29) is 22.6 Å². The lowest BCUT2D eigenvalue weighted by Gasteiger charge is -2.56. The maximum absolute atomic E-state index is 13.2. The summed E-state index contributed by atoms with van der Waals surface area (Å²) in [4.78, 5) is 33.7. The second-order valence-corrected chi connectivity index (χ2v) is 10.2. The van der Waals surface area contributed by atoms with Gasteiger partial charge in [0, 0.05) is 37.9 Å². The first kappa shape index (κ1) is 19.1. The van der Waals surface area contributed by atoms with Crippen molar-refractivity contribution in [3.05, 3.63) is 57.0 Å². The Hall–Kier alpha value is -2.57. The standard InChI is InChI=1S/C24H29FN4O2/c25-19-1-3-20(4-2-19)27-5-7-28(8-6-27)21-12-22(30)29(23(31)26-21)24-13-16-9-17(14-24)11-18(10-16)15-24/h1-4,12,16-18H,5-11,13-15H2,(H,26,31). The Kier molecular flexibility index (Phi) is 4.30. The largest absolute Gasteiger partial charge is 0.368 e. The number of halogens is 1. The number of piperazine rings is 1. The molecule has 164 valence electrons. The van der Waals surface area contributed by atoms with Gasteiger partial charge in [-0.3, -0.25) is 14.3 Å². The Morgan fingerprint density at radius 2 is 1.39 bits per heavy atom. The molecular formula is C24H29FN4O2. The Morgan fingerprint density at radius 3 is 1.94 bits per heavy atom. The van der Waals surface area contributed by atoms with Gasteiger partial charge in [0.25, 0.3) is 5.56 Å². The molecule has 0 amide bonds. The van der Waals surface area contributed by atoms with E-state index < -0.39 is 0 Å². The third-order valence-corrected chi connectivity index (χ3v) is 8.21. The van der Waals surface area contributed by atoms with Crippen molar-refractivity contribution in [1.29, 1.82) is 0 Å². The molecule has 4 bridgehead atoms. The second-order valence-electron chi connectivity index (χ2n) is 10.2. The van der Waals surface area contributed by atoms with E-state index in [0.717, 1.165) is 38.0 Å². The maximum atomic E-state index is 13.2. The van der Waals surface area contributed by atoms with Gasteiger partial charge in [-0.25, -0.2) is 9.18 Å². The van der Waals surface area contributed by atoms with Crippen LogP contribution in [0.25, 0.3) is 0 Å². The topological polar surface area (TPSA) is 61.3 Å². The number of benzene rings is 1. The molecule has 0 spiro atoms. The van der Waals surface area contributed by atoms with Crippen molar-refractivity contribution in [2.75, 3.05) is 36.0 Å². The number of nitrogens with one attached hydrogen (secondary N) is 1. The molecule has 0 radical (unpaired) electrons. The fraction of sp³-hybridized carbons (Fsp3) is 0.583. The molecule has 2 aromatic rings. The summed E-state index contributed by atoms with van der Waals surface area (Å²) >= 11 is 0. The molecule has 4 aliphatic carbocycles. The van der Waals surface area contributed by atoms with Crippen LogP contribution in [0.15, 0.2) is 39.9 Å². The minimum absolute atomic E-state index is 0.151. The van der Waals surface area contributed by atoms with Crippen LogP contribution in [0.2, 0.25) is 0 Å². The van der Waals surface area contributed by atoms with Crippen molar-refractivity contribution in [1.82, 2.24) is 9.55 Å². The number of H-pyrrole nitrogens is 1. The van der Waals surface area contributed by atoms with Gasteiger partial charge in [0.1, 0.15) is 11.6 Å². The molecule has 1 N–H and O–H groups in total. The molecule has 31 heavy (non-hydrogen) atoms. The summed E-state index contributed by atoms with van der Waals surface area (Å²) in [5.74, 6) is 2.42. The molecule has 0 atom stereocenters. The van der Waals surface area contributed by atoms with Gasteiger partial charge in [0.15, 0.2) is 0 Å². The van der Waals surface area contributed by atoms with E-state index in [4.69, 9.17) is 0 Å². The SMILES string of the molecule is O=c1cc(N2CCN(c3ccc(F)cc3)CC2)[nH]c(=O)n1C12CC3CC(CC(C3)C1)C2. The Morgan fingerprint density at radius 1 is 0.839 bits per heavy atom. The highest BCUT2D eigenvalue weighted by atomic mass is 19.1. The van der Waals surface area contributed by atoms with Gasteiger partial charge in [-0.15, -0.1) is 0 Å². The summed E-state index contributed by atoms with van der Waals surface area (Å²) in [5, 5.41) is 0. The van der Waals surface area contributed by atoms with E-state index in [1.165, 1.54) is 31.4 Å². The van der Waals surface area contributed by atoms with Crippen LogP contribution >= 0.6 is 0 Å². The van der Waals surface area contributed by atoms with Gasteiger partial charge in [-0.05, 0) is 80.5 Å². The summed E-state index contributed by atoms with van der Waals surface area (Å²) in [5.41, 5.74) is 0.332. The minimum Gasteiger partial charge on any atom is -0.368 e. The predicted octanol–water partition coefficient (Wildman–Crippen LogP) is 2.93. The van der Waals surface area contributed by atoms with Crippen LogP contribution in [0.5, 0.6) is 0 Å². The molecule has 1 aliphatic heterocycles. The lowest BCUT2D eigenvalue weighted by molar-refractivity contribution is -0.0470. The van der Waals surface area contributed by atoms with Crippen LogP contribution in [-0.2, 0) is 5.54 Å². The normalized spacial score (nSPS) is 32.0. The summed E-state index contributed by atoms with van der Waals surface area (Å²) in [6.07, 6.45) is 6.79. The number of anilines is 2. The number of aromatic amines is 1. The first-order chi connectivity index (χ1) is 15.0. The lowest BCUT2D eigenvalue weighted by Crippen LogP contribution is -2.59. The van der Waals surface area contributed by atoms with Gasteiger partial charge < -0.3 is 9.80 Å². The van der Waals surface area contributed by atoms with E-state index >= 15 is 0 Å². The number of hydrogen-bond acceptors (Lipinski definition) is 4. The van der Waals surface area contributed by atoms with E-state index in [1.807, 2.05) is 0 Å². The predicted molar refractivity (Wildman–Crippen MR) is 118 cm³/mol. The molecule has 7 rings (SSSR count). The average Bonchev–Trinajstić information content (AvgIpc) is 2.73. The first-order valence-electron chi connectivity index (χ1n) is 11.6. The number of hydrogen-bond donors (Lipinski definition) is 1. The highest BCUT2D eigenvalue weighted by Crippen LogP contribution is 2.58. The lowest BCUT2D eigenvalue weighted by atomic mass is 9.53. The molecule has 4 saturated carbocycles. The molecule has 0 unspecified atom stereocenters. The molecule has 6 nitrogen and oxygen atoms in total. The van der Waals surface area contributed by atoms with Crippen molar-refractivity contribution < 1.29 is 4.39 Å². The summed E-state index contributed by atoms with van der Waals surface area (Å²) < 4.78 is 14.8. The number of aromatic nitrogens is 2. The van der Waals surface area contributed by atoms with Crippen LogP contribution in [-0.4, -0.2) is 35.7 Å².